The van der Waals surface area contributed by atoms with Crippen molar-refractivity contribution in [2.75, 3.05) is 188 Å². The summed E-state index contributed by atoms with van der Waals surface area (Å²) in [6.07, 6.45) is -37.0. The molecule has 21 aliphatic rings. The molecule has 97 heavy (non-hydrogen) atoms. The highest BCUT2D eigenvalue weighted by molar-refractivity contribution is 5.04. The van der Waals surface area contributed by atoms with E-state index >= 15 is 0 Å². The number of rotatable bonds is 27. The molecule has 1 N–H and O–H groups in total. The molecular weight excluding hydrogens is 1300 g/mol. The van der Waals surface area contributed by atoms with Gasteiger partial charge in [-0.25, -0.2) is 0 Å². The van der Waals surface area contributed by atoms with Crippen LogP contribution >= 0.6 is 0 Å². The first-order valence-corrected chi connectivity index (χ1v) is 32.3. The first-order chi connectivity index (χ1) is 47.2. The summed E-state index contributed by atoms with van der Waals surface area (Å²) in [4.78, 5) is 0. The van der Waals surface area contributed by atoms with Gasteiger partial charge in [0.25, 0.3) is 0 Å². The highest BCUT2D eigenvalue weighted by atomic mass is 16.8. The first-order valence-electron chi connectivity index (χ1n) is 32.3. The number of hydrogen-bond donors (Lipinski definition) is 1. The van der Waals surface area contributed by atoms with E-state index in [4.69, 9.17) is 161 Å². The summed E-state index contributed by atoms with van der Waals surface area (Å²) in [6, 6.07) is 0. The van der Waals surface area contributed by atoms with Gasteiger partial charge >= 0.3 is 0 Å². The van der Waals surface area contributed by atoms with E-state index in [1.807, 2.05) is 0 Å². The monoisotopic (exact) mass is 1410 g/mol. The fraction of sp³-hybridized carbons (Fsp3) is 1.00. The minimum atomic E-state index is -1.30. The average Bonchev–Trinajstić information content (AvgIpc) is 0.775. The van der Waals surface area contributed by atoms with Crippen molar-refractivity contribution in [3.63, 3.8) is 0 Å². The largest absolute Gasteiger partial charge is 0.394 e. The molecule has 0 amide bonds. The molecule has 21 aliphatic heterocycles. The lowest BCUT2D eigenvalue weighted by Gasteiger charge is -2.52. The van der Waals surface area contributed by atoms with Crippen molar-refractivity contribution in [1.29, 1.82) is 0 Å². The Morgan fingerprint density at radius 1 is 0.175 bits per heavy atom. The summed E-state index contributed by atoms with van der Waals surface area (Å²) in [7, 11) is 29.9. The van der Waals surface area contributed by atoms with E-state index in [-0.39, 0.29) is 39.6 Å². The van der Waals surface area contributed by atoms with Crippen molar-refractivity contribution in [2.45, 2.75) is 215 Å². The van der Waals surface area contributed by atoms with Gasteiger partial charge < -0.3 is 166 Å². The Hall–Kier alpha value is -1.40. The third-order valence-electron chi connectivity index (χ3n) is 19.2. The topological polar surface area (TPSA) is 334 Å². The van der Waals surface area contributed by atoms with Gasteiger partial charge in [0.05, 0.1) is 46.2 Å². The summed E-state index contributed by atoms with van der Waals surface area (Å²) in [5.41, 5.74) is 0. The molecule has 14 bridgehead atoms. The molecular formula is C62H110O35. The van der Waals surface area contributed by atoms with Crippen LogP contribution in [0.1, 0.15) is 0 Å². The lowest BCUT2D eigenvalue weighted by atomic mass is 9.94. The second-order valence-corrected chi connectivity index (χ2v) is 24.2. The summed E-state index contributed by atoms with van der Waals surface area (Å²) in [5.74, 6) is 0. The van der Waals surface area contributed by atoms with Crippen LogP contribution in [0.2, 0.25) is 0 Å². The zero-order chi connectivity index (χ0) is 70.2. The Balaban J connectivity index is 1.23. The average molecular weight is 1420 g/mol. The molecule has 568 valence electrons. The van der Waals surface area contributed by atoms with Gasteiger partial charge in [0.15, 0.2) is 44.0 Å². The molecule has 0 aromatic rings. The van der Waals surface area contributed by atoms with Gasteiger partial charge in [-0.15, -0.1) is 0 Å². The van der Waals surface area contributed by atoms with Gasteiger partial charge in [0.1, 0.15) is 171 Å². The van der Waals surface area contributed by atoms with E-state index in [1.165, 1.54) is 142 Å². The fourth-order valence-corrected chi connectivity index (χ4v) is 14.7. The van der Waals surface area contributed by atoms with Crippen LogP contribution < -0.4 is 0 Å². The Bertz CT molecular complexity index is 2170. The minimum Gasteiger partial charge on any atom is -0.394 e. The van der Waals surface area contributed by atoms with E-state index in [2.05, 4.69) is 0 Å². The highest BCUT2D eigenvalue weighted by Crippen LogP contribution is 2.43. The molecule has 21 fully saturated rings. The summed E-state index contributed by atoms with van der Waals surface area (Å²) in [6.45, 7) is -0.920. The van der Waals surface area contributed by atoms with Crippen molar-refractivity contribution in [3.8, 4) is 0 Å². The van der Waals surface area contributed by atoms with Crippen molar-refractivity contribution < 1.29 is 166 Å². The van der Waals surface area contributed by atoms with Crippen LogP contribution in [0.5, 0.6) is 0 Å². The molecule has 0 unspecified atom stereocenters. The van der Waals surface area contributed by atoms with Crippen molar-refractivity contribution >= 4 is 0 Å². The van der Waals surface area contributed by atoms with Crippen LogP contribution in [0.15, 0.2) is 0 Å². The molecule has 0 spiro atoms. The maximum atomic E-state index is 11.3. The zero-order valence-corrected chi connectivity index (χ0v) is 59.5. The molecule has 21 rings (SSSR count). The van der Waals surface area contributed by atoms with E-state index in [9.17, 15) is 5.11 Å². The van der Waals surface area contributed by atoms with Crippen molar-refractivity contribution in [2.24, 2.45) is 0 Å². The van der Waals surface area contributed by atoms with Crippen LogP contribution in [0.25, 0.3) is 0 Å². The molecule has 0 aliphatic carbocycles. The molecule has 35 atom stereocenters. The third kappa shape index (κ3) is 17.6. The molecule has 35 heteroatoms. The Labute approximate surface area is 568 Å². The van der Waals surface area contributed by atoms with Crippen LogP contribution in [0.3, 0.4) is 0 Å². The zero-order valence-electron chi connectivity index (χ0n) is 59.5. The quantitative estimate of drug-likeness (QED) is 0.0916. The van der Waals surface area contributed by atoms with Gasteiger partial charge in [-0.05, 0) is 0 Å². The molecule has 21 saturated heterocycles. The third-order valence-corrected chi connectivity index (χ3v) is 19.2. The number of methoxy groups -OCH3 is 20. The summed E-state index contributed by atoms with van der Waals surface area (Å²) < 4.78 is 219. The predicted octanol–water partition coefficient (Wildman–Crippen LogP) is -2.15. The smallest absolute Gasteiger partial charge is 0.187 e. The Morgan fingerprint density at radius 3 is 0.412 bits per heavy atom. The van der Waals surface area contributed by atoms with E-state index in [0.717, 1.165) is 0 Å². The van der Waals surface area contributed by atoms with Gasteiger partial charge in [-0.2, -0.15) is 0 Å². The van der Waals surface area contributed by atoms with E-state index < -0.39 is 222 Å². The molecule has 0 aromatic heterocycles. The maximum absolute atomic E-state index is 11.3. The molecule has 0 saturated carbocycles. The summed E-state index contributed by atoms with van der Waals surface area (Å²) >= 11 is 0. The second-order valence-electron chi connectivity index (χ2n) is 24.2. The normalized spacial score (nSPS) is 46.4. The van der Waals surface area contributed by atoms with Gasteiger partial charge in [-0.1, -0.05) is 0 Å². The molecule has 21 heterocycles. The van der Waals surface area contributed by atoms with Crippen LogP contribution in [-0.4, -0.2) is 408 Å². The minimum absolute atomic E-state index is 0.0438. The van der Waals surface area contributed by atoms with Crippen molar-refractivity contribution in [1.82, 2.24) is 0 Å². The number of aliphatic hydroxyl groups is 1. The van der Waals surface area contributed by atoms with Crippen LogP contribution in [0, 0.1) is 0 Å². The Morgan fingerprint density at radius 2 is 0.299 bits per heavy atom. The van der Waals surface area contributed by atoms with Crippen molar-refractivity contribution in [3.05, 3.63) is 0 Å². The van der Waals surface area contributed by atoms with Crippen LogP contribution in [0.4, 0.5) is 0 Å². The number of hydrogen-bond acceptors (Lipinski definition) is 35. The number of ether oxygens (including phenoxy) is 34. The van der Waals surface area contributed by atoms with E-state index in [0.29, 0.717) is 0 Å². The molecule has 35 nitrogen and oxygen atoms in total. The summed E-state index contributed by atoms with van der Waals surface area (Å²) in [5, 5.41) is 11.3. The highest BCUT2D eigenvalue weighted by Gasteiger charge is 2.62. The second kappa shape index (κ2) is 39.6. The van der Waals surface area contributed by atoms with E-state index in [1.54, 1.807) is 0 Å². The lowest BCUT2D eigenvalue weighted by molar-refractivity contribution is -0.402. The fourth-order valence-electron chi connectivity index (χ4n) is 14.7. The van der Waals surface area contributed by atoms with Gasteiger partial charge in [0, 0.05) is 142 Å². The Kier molecular flexibility index (Phi) is 33.2. The maximum Gasteiger partial charge on any atom is 0.187 e. The van der Waals surface area contributed by atoms with Gasteiger partial charge in [0.2, 0.25) is 0 Å². The predicted molar refractivity (Wildman–Crippen MR) is 324 cm³/mol. The molecule has 0 aromatic carbocycles. The molecule has 0 radical (unpaired) electrons. The number of aliphatic hydroxyl groups excluding tert-OH is 1. The standard InChI is InChI=1S/C62H110O35/c1-64-22-29-36-43(71-8)51(79-16)58(86-29)94-38-31(24-66-3)88-60(53(81-18)45(38)73-10)96-40-33(26-68-5)90-62(55(83-20)47(40)75-12)97-41-34(27-69-6)89-61(54(82-19)48(41)76-13)95-39-32(25-67-4)87-59(52(80-17)46(39)74-11)93-37-30(23-65-2)85-57(50(78-15)44(37)72-9)91-35-28(21-63)84-56(92-36)49(77-14)42(35)70-7/h28-63H,21-27H2,1-20H3/t28-,29-,30+,31-,32+,33-,34+,35+,36+,37+,38+,39+,40+,41+,42-,43-,44-,45-,46-,47-,48+,49+,50+,51+,52-,53+,54-,55+,56+,57+,58+,59+,60+,61+,62+/m0/s1. The SMILES string of the molecule is COC[C@@H]1O[C@@H]2O[C@H]3[C@H](OC)[C@@H](OC)[C@@H](O[C@H]4[C@@H](OC)[C@H](OC)[C@@H](O[C@H]5[C@H](OC)[C@H](OC)[C@@H](O[C@H]6[C@H](OC)[C@@H](OC)[C@@H](O[C@H]7[C@H](OC)[C@@H](OC)[C@@H](O[C@H]8[C@H](OC)[C@@H](OC)[C@@H](O[C@H]1[C@H](OC)[C@H]2OC)O[C@H]8COC)O[C@H]7CO)O[C@@H]6COC)O[C@@H]5COC)O[C@@H]4COC)O[C@H]3COC. The first kappa shape index (κ1) is 81.3. The van der Waals surface area contributed by atoms with Crippen LogP contribution in [-0.2, 0) is 161 Å². The van der Waals surface area contributed by atoms with Gasteiger partial charge in [-0.3, -0.25) is 0 Å². The lowest BCUT2D eigenvalue weighted by Crippen LogP contribution is -2.69.